The molecule has 4 heteroatoms. The van der Waals surface area contributed by atoms with Gasteiger partial charge in [-0.1, -0.05) is 19.8 Å². The molecule has 0 bridgehead atoms. The molecule has 1 aliphatic rings. The molecule has 19 heavy (non-hydrogen) atoms. The van der Waals surface area contributed by atoms with Gasteiger partial charge in [0.1, 0.15) is 5.82 Å². The van der Waals surface area contributed by atoms with E-state index in [4.69, 9.17) is 5.73 Å². The van der Waals surface area contributed by atoms with Crippen LogP contribution < -0.4 is 11.1 Å². The smallest absolute Gasteiger partial charge is 0.248 e. The first kappa shape index (κ1) is 13.8. The highest BCUT2D eigenvalue weighted by molar-refractivity contribution is 5.94. The number of nitrogens with two attached hydrogens (primary N) is 1. The number of hydrogen-bond donors (Lipinski definition) is 2. The van der Waals surface area contributed by atoms with E-state index in [2.05, 4.69) is 12.2 Å². The van der Waals surface area contributed by atoms with Crippen molar-refractivity contribution in [3.05, 3.63) is 29.1 Å². The van der Waals surface area contributed by atoms with Crippen LogP contribution in [-0.2, 0) is 0 Å². The summed E-state index contributed by atoms with van der Waals surface area (Å²) in [5.74, 6) is -0.357. The number of nitrogens with one attached hydrogen (secondary N) is 1. The van der Waals surface area contributed by atoms with Gasteiger partial charge in [0.2, 0.25) is 5.91 Å². The summed E-state index contributed by atoms with van der Waals surface area (Å²) in [6, 6.07) is 3.23. The highest BCUT2D eigenvalue weighted by atomic mass is 19.1. The lowest BCUT2D eigenvalue weighted by molar-refractivity contribution is 0.1000. The molecule has 0 radical (unpaired) electrons. The largest absolute Gasteiger partial charge is 0.382 e. The van der Waals surface area contributed by atoms with Crippen LogP contribution in [0.4, 0.5) is 10.1 Å². The summed E-state index contributed by atoms with van der Waals surface area (Å²) in [5.41, 5.74) is 6.69. The van der Waals surface area contributed by atoms with E-state index in [1.807, 2.05) is 0 Å². The second-order valence-electron chi connectivity index (χ2n) is 5.34. The molecule has 0 spiro atoms. The second-order valence-corrected chi connectivity index (χ2v) is 5.34. The Balaban J connectivity index is 2.26. The number of rotatable bonds is 4. The lowest BCUT2D eigenvalue weighted by atomic mass is 9.99. The van der Waals surface area contributed by atoms with Crippen molar-refractivity contribution < 1.29 is 9.18 Å². The van der Waals surface area contributed by atoms with Crippen LogP contribution in [0.1, 0.15) is 48.5 Å². The first-order valence-corrected chi connectivity index (χ1v) is 6.89. The van der Waals surface area contributed by atoms with Gasteiger partial charge in [0.15, 0.2) is 0 Å². The van der Waals surface area contributed by atoms with Crippen molar-refractivity contribution >= 4 is 11.6 Å². The van der Waals surface area contributed by atoms with E-state index < -0.39 is 5.91 Å². The minimum Gasteiger partial charge on any atom is -0.382 e. The number of anilines is 1. The molecule has 3 nitrogen and oxygen atoms in total. The van der Waals surface area contributed by atoms with E-state index in [0.717, 1.165) is 12.8 Å². The van der Waals surface area contributed by atoms with Gasteiger partial charge >= 0.3 is 0 Å². The molecule has 1 amide bonds. The van der Waals surface area contributed by atoms with Crippen LogP contribution in [0.2, 0.25) is 0 Å². The Morgan fingerprint density at radius 3 is 2.84 bits per heavy atom. The molecule has 0 saturated heterocycles. The zero-order valence-corrected chi connectivity index (χ0v) is 11.5. The summed E-state index contributed by atoms with van der Waals surface area (Å²) in [7, 11) is 0. The first-order chi connectivity index (χ1) is 9.02. The Labute approximate surface area is 113 Å². The Morgan fingerprint density at radius 1 is 1.47 bits per heavy atom. The monoisotopic (exact) mass is 264 g/mol. The molecule has 1 fully saturated rings. The number of carbonyl (C=O) groups is 1. The maximum Gasteiger partial charge on any atom is 0.248 e. The zero-order chi connectivity index (χ0) is 14.0. The summed E-state index contributed by atoms with van der Waals surface area (Å²) in [5, 5.41) is 3.40. The van der Waals surface area contributed by atoms with Gasteiger partial charge in [-0.05, 0) is 37.8 Å². The van der Waals surface area contributed by atoms with E-state index >= 15 is 0 Å². The predicted octanol–water partition coefficient (Wildman–Crippen LogP) is 3.22. The average Bonchev–Trinajstić information content (AvgIpc) is 2.81. The van der Waals surface area contributed by atoms with E-state index in [-0.39, 0.29) is 11.4 Å². The van der Waals surface area contributed by atoms with Crippen LogP contribution in [0.5, 0.6) is 0 Å². The van der Waals surface area contributed by atoms with Gasteiger partial charge < -0.3 is 11.1 Å². The second kappa shape index (κ2) is 5.59. The summed E-state index contributed by atoms with van der Waals surface area (Å²) >= 11 is 0. The van der Waals surface area contributed by atoms with Crippen molar-refractivity contribution in [2.24, 2.45) is 11.7 Å². The Kier molecular flexibility index (Phi) is 4.08. The van der Waals surface area contributed by atoms with Crippen LogP contribution in [0.3, 0.4) is 0 Å². The summed E-state index contributed by atoms with van der Waals surface area (Å²) in [6.07, 6.45) is 4.63. The predicted molar refractivity (Wildman–Crippen MR) is 74.7 cm³/mol. The van der Waals surface area contributed by atoms with Crippen LogP contribution in [0, 0.1) is 18.7 Å². The minimum absolute atomic E-state index is 0.219. The molecule has 2 rings (SSSR count). The van der Waals surface area contributed by atoms with Gasteiger partial charge in [-0.25, -0.2) is 4.39 Å². The number of primary amides is 1. The van der Waals surface area contributed by atoms with Crippen LogP contribution >= 0.6 is 0 Å². The van der Waals surface area contributed by atoms with Gasteiger partial charge in [-0.3, -0.25) is 4.79 Å². The zero-order valence-electron chi connectivity index (χ0n) is 11.5. The standard InChI is InChI=1S/C15H21FN2O/c1-3-10-5-4-6-13(10)18-14-8-11(15(17)19)7-12(16)9(14)2/h7-8,10,13,18H,3-6H2,1-2H3,(H2,17,19). The molecule has 1 aromatic rings. The summed E-state index contributed by atoms with van der Waals surface area (Å²) < 4.78 is 13.8. The number of hydrogen-bond acceptors (Lipinski definition) is 2. The van der Waals surface area contributed by atoms with Gasteiger partial charge in [-0.2, -0.15) is 0 Å². The van der Waals surface area contributed by atoms with Crippen LogP contribution in [-0.4, -0.2) is 11.9 Å². The Morgan fingerprint density at radius 2 is 2.21 bits per heavy atom. The van der Waals surface area contributed by atoms with Crippen LogP contribution in [0.15, 0.2) is 12.1 Å². The molecule has 104 valence electrons. The van der Waals surface area contributed by atoms with Crippen molar-refractivity contribution in [2.45, 2.75) is 45.6 Å². The fraction of sp³-hybridized carbons (Fsp3) is 0.533. The molecule has 0 aromatic heterocycles. The number of benzene rings is 1. The molecule has 0 heterocycles. The lowest BCUT2D eigenvalue weighted by Gasteiger charge is -2.22. The third kappa shape index (κ3) is 2.88. The van der Waals surface area contributed by atoms with E-state index in [9.17, 15) is 9.18 Å². The normalized spacial score (nSPS) is 22.5. The average molecular weight is 264 g/mol. The quantitative estimate of drug-likeness (QED) is 0.877. The summed E-state index contributed by atoms with van der Waals surface area (Å²) in [4.78, 5) is 11.2. The summed E-state index contributed by atoms with van der Waals surface area (Å²) in [6.45, 7) is 3.90. The van der Waals surface area contributed by atoms with Crippen molar-refractivity contribution in [1.29, 1.82) is 0 Å². The molecule has 3 N–H and O–H groups in total. The fourth-order valence-corrected chi connectivity index (χ4v) is 2.89. The van der Waals surface area contributed by atoms with Gasteiger partial charge in [-0.15, -0.1) is 0 Å². The number of halogens is 1. The first-order valence-electron chi connectivity index (χ1n) is 6.89. The molecule has 2 atom stereocenters. The number of amides is 1. The molecule has 1 aromatic carbocycles. The highest BCUT2D eigenvalue weighted by Gasteiger charge is 2.26. The lowest BCUT2D eigenvalue weighted by Crippen LogP contribution is -2.24. The molecular weight excluding hydrogens is 243 g/mol. The molecule has 2 unspecified atom stereocenters. The Hall–Kier alpha value is -1.58. The molecule has 0 aliphatic heterocycles. The van der Waals surface area contributed by atoms with Crippen molar-refractivity contribution in [1.82, 2.24) is 0 Å². The highest BCUT2D eigenvalue weighted by Crippen LogP contribution is 2.32. The van der Waals surface area contributed by atoms with Gasteiger partial charge in [0.25, 0.3) is 0 Å². The van der Waals surface area contributed by atoms with Crippen molar-refractivity contribution in [3.63, 3.8) is 0 Å². The third-order valence-corrected chi connectivity index (χ3v) is 4.15. The van der Waals surface area contributed by atoms with Crippen LogP contribution in [0.25, 0.3) is 0 Å². The minimum atomic E-state index is -0.597. The van der Waals surface area contributed by atoms with Gasteiger partial charge in [0.05, 0.1) is 0 Å². The van der Waals surface area contributed by atoms with E-state index in [1.165, 1.54) is 18.9 Å². The van der Waals surface area contributed by atoms with Gasteiger partial charge in [0, 0.05) is 22.9 Å². The molecular formula is C15H21FN2O. The third-order valence-electron chi connectivity index (χ3n) is 4.15. The maximum atomic E-state index is 13.8. The van der Waals surface area contributed by atoms with Crippen molar-refractivity contribution in [2.75, 3.05) is 5.32 Å². The van der Waals surface area contributed by atoms with E-state index in [1.54, 1.807) is 13.0 Å². The van der Waals surface area contributed by atoms with E-state index in [0.29, 0.717) is 23.2 Å². The molecule has 1 saturated carbocycles. The van der Waals surface area contributed by atoms with Crippen molar-refractivity contribution in [3.8, 4) is 0 Å². The fourth-order valence-electron chi connectivity index (χ4n) is 2.89. The maximum absolute atomic E-state index is 13.8. The topological polar surface area (TPSA) is 55.1 Å². The Bertz CT molecular complexity index is 487. The molecule has 1 aliphatic carbocycles. The number of carbonyl (C=O) groups excluding carboxylic acids is 1. The SMILES string of the molecule is CCC1CCCC1Nc1cc(C(N)=O)cc(F)c1C.